The lowest BCUT2D eigenvalue weighted by Crippen LogP contribution is -2.15. The summed E-state index contributed by atoms with van der Waals surface area (Å²) >= 11 is 6.40. The number of carboxylic acid groups (broad SMARTS) is 1. The normalized spacial score (nSPS) is 10.5. The number of hydrogen-bond acceptors (Lipinski definition) is 5. The van der Waals surface area contributed by atoms with Gasteiger partial charge < -0.3 is 10.0 Å². The van der Waals surface area contributed by atoms with Crippen LogP contribution in [0.5, 0.6) is 0 Å². The predicted molar refractivity (Wildman–Crippen MR) is 73.2 cm³/mol. The van der Waals surface area contributed by atoms with Gasteiger partial charge in [0.2, 0.25) is 0 Å². The third-order valence-electron chi connectivity index (χ3n) is 2.05. The lowest BCUT2D eigenvalue weighted by Gasteiger charge is -2.13. The van der Waals surface area contributed by atoms with Crippen LogP contribution in [0.3, 0.4) is 0 Å². The average Bonchev–Trinajstić information content (AvgIpc) is 2.86. The van der Waals surface area contributed by atoms with Crippen molar-refractivity contribution in [2.45, 2.75) is 6.54 Å². The molecule has 0 aliphatic heterocycles. The summed E-state index contributed by atoms with van der Waals surface area (Å²) in [7, 11) is 1.90. The van der Waals surface area contributed by atoms with Crippen LogP contribution in [0.1, 0.15) is 15.4 Å². The van der Waals surface area contributed by atoms with Gasteiger partial charge in [0.05, 0.1) is 6.54 Å². The molecule has 1 N–H and O–H groups in total. The molecule has 7 heteroatoms. The second kappa shape index (κ2) is 5.16. The first-order chi connectivity index (χ1) is 8.06. The summed E-state index contributed by atoms with van der Waals surface area (Å²) < 4.78 is 1.07. The Hall–Kier alpha value is -0.920. The predicted octanol–water partition coefficient (Wildman–Crippen LogP) is 3.30. The first-order valence-electron chi connectivity index (χ1n) is 4.69. The summed E-state index contributed by atoms with van der Waals surface area (Å²) in [6, 6.07) is 2.05. The maximum absolute atomic E-state index is 10.7. The Kier molecular flexibility index (Phi) is 3.80. The van der Waals surface area contributed by atoms with Gasteiger partial charge in [0.15, 0.2) is 10.8 Å². The first-order valence-corrected chi connectivity index (χ1v) is 7.24. The van der Waals surface area contributed by atoms with Gasteiger partial charge in [-0.15, -0.1) is 22.7 Å². The van der Waals surface area contributed by atoms with Crippen molar-refractivity contribution in [3.63, 3.8) is 0 Å². The zero-order valence-corrected chi connectivity index (χ0v) is 12.1. The quantitative estimate of drug-likeness (QED) is 0.933. The van der Waals surface area contributed by atoms with Crippen LogP contribution in [0.25, 0.3) is 0 Å². The maximum atomic E-state index is 10.7. The van der Waals surface area contributed by atoms with Crippen LogP contribution >= 0.6 is 38.6 Å². The lowest BCUT2D eigenvalue weighted by molar-refractivity contribution is 0.0691. The van der Waals surface area contributed by atoms with Crippen LogP contribution < -0.4 is 4.90 Å². The fourth-order valence-electron chi connectivity index (χ4n) is 1.28. The molecule has 4 nitrogen and oxygen atoms in total. The molecule has 90 valence electrons. The van der Waals surface area contributed by atoms with E-state index < -0.39 is 5.97 Å². The van der Waals surface area contributed by atoms with Crippen molar-refractivity contribution < 1.29 is 9.90 Å². The third-order valence-corrected chi connectivity index (χ3v) is 4.69. The minimum atomic E-state index is -0.986. The number of rotatable bonds is 4. The highest BCUT2D eigenvalue weighted by molar-refractivity contribution is 9.10. The number of thiophene rings is 1. The Morgan fingerprint density at radius 3 is 2.82 bits per heavy atom. The Morgan fingerprint density at radius 2 is 2.29 bits per heavy atom. The largest absolute Gasteiger partial charge is 0.476 e. The van der Waals surface area contributed by atoms with Gasteiger partial charge in [-0.2, -0.15) is 0 Å². The molecule has 0 amide bonds. The number of anilines is 1. The van der Waals surface area contributed by atoms with E-state index >= 15 is 0 Å². The fourth-order valence-corrected chi connectivity index (χ4v) is 3.55. The second-order valence-corrected chi connectivity index (χ2v) is 6.16. The minimum Gasteiger partial charge on any atom is -0.476 e. The summed E-state index contributed by atoms with van der Waals surface area (Å²) in [6.07, 6.45) is 0. The van der Waals surface area contributed by atoms with Gasteiger partial charge in [0, 0.05) is 27.2 Å². The number of nitrogens with zero attached hydrogens (tertiary/aromatic N) is 2. The van der Waals surface area contributed by atoms with E-state index in [4.69, 9.17) is 5.11 Å². The Labute approximate surface area is 115 Å². The van der Waals surface area contributed by atoms with Gasteiger partial charge in [-0.1, -0.05) is 0 Å². The van der Waals surface area contributed by atoms with Gasteiger partial charge in [-0.05, 0) is 22.0 Å². The van der Waals surface area contributed by atoms with E-state index in [1.165, 1.54) is 16.2 Å². The van der Waals surface area contributed by atoms with Gasteiger partial charge in [-0.3, -0.25) is 0 Å². The molecule has 0 atom stereocenters. The van der Waals surface area contributed by atoms with Crippen molar-refractivity contribution in [3.05, 3.63) is 31.9 Å². The molecule has 0 spiro atoms. The van der Waals surface area contributed by atoms with E-state index in [9.17, 15) is 4.79 Å². The van der Waals surface area contributed by atoms with Crippen LogP contribution in [0, 0.1) is 0 Å². The Bertz CT molecular complexity index is 538. The van der Waals surface area contributed by atoms with Gasteiger partial charge in [0.1, 0.15) is 0 Å². The summed E-state index contributed by atoms with van der Waals surface area (Å²) in [5, 5.41) is 13.1. The molecule has 17 heavy (non-hydrogen) atoms. The van der Waals surface area contributed by atoms with Crippen LogP contribution in [0.15, 0.2) is 21.3 Å². The number of halogens is 1. The molecule has 2 heterocycles. The van der Waals surface area contributed by atoms with E-state index in [0.29, 0.717) is 5.13 Å². The SMILES string of the molecule is CN(Cc1cc(Br)cs1)c1nc(C(=O)O)cs1. The van der Waals surface area contributed by atoms with Crippen molar-refractivity contribution in [1.29, 1.82) is 0 Å². The maximum Gasteiger partial charge on any atom is 0.355 e. The highest BCUT2D eigenvalue weighted by Gasteiger charge is 2.12. The fraction of sp³-hybridized carbons (Fsp3) is 0.200. The van der Waals surface area contributed by atoms with E-state index in [-0.39, 0.29) is 5.69 Å². The van der Waals surface area contributed by atoms with E-state index in [0.717, 1.165) is 11.0 Å². The monoisotopic (exact) mass is 332 g/mol. The van der Waals surface area contributed by atoms with E-state index in [2.05, 4.69) is 20.9 Å². The smallest absolute Gasteiger partial charge is 0.355 e. The number of carbonyl (C=O) groups is 1. The second-order valence-electron chi connectivity index (χ2n) is 3.41. The molecule has 0 saturated heterocycles. The Morgan fingerprint density at radius 1 is 1.53 bits per heavy atom. The zero-order chi connectivity index (χ0) is 12.4. The molecule has 0 aromatic carbocycles. The Balaban J connectivity index is 2.08. The highest BCUT2D eigenvalue weighted by Crippen LogP contribution is 2.25. The van der Waals surface area contributed by atoms with Gasteiger partial charge in [0.25, 0.3) is 0 Å². The molecular formula is C10H9BrN2O2S2. The summed E-state index contributed by atoms with van der Waals surface area (Å²) in [5.41, 5.74) is 0.101. The van der Waals surface area contributed by atoms with Gasteiger partial charge >= 0.3 is 5.97 Å². The molecule has 0 bridgehead atoms. The summed E-state index contributed by atoms with van der Waals surface area (Å²) in [5.74, 6) is -0.986. The third kappa shape index (κ3) is 3.05. The lowest BCUT2D eigenvalue weighted by atomic mass is 10.4. The molecule has 2 aromatic heterocycles. The molecule has 0 radical (unpaired) electrons. The van der Waals surface area contributed by atoms with Crippen LogP contribution in [0.2, 0.25) is 0 Å². The van der Waals surface area contributed by atoms with Crippen molar-refractivity contribution in [2.75, 3.05) is 11.9 Å². The number of thiazole rings is 1. The number of aromatic carboxylic acids is 1. The van der Waals surface area contributed by atoms with E-state index in [1.54, 1.807) is 16.7 Å². The summed E-state index contributed by atoms with van der Waals surface area (Å²) in [6.45, 7) is 0.725. The van der Waals surface area contributed by atoms with Crippen molar-refractivity contribution >= 4 is 49.7 Å². The van der Waals surface area contributed by atoms with Crippen LogP contribution in [-0.2, 0) is 6.54 Å². The first kappa shape index (κ1) is 12.5. The van der Waals surface area contributed by atoms with Crippen LogP contribution in [0.4, 0.5) is 5.13 Å². The van der Waals surface area contributed by atoms with E-state index in [1.807, 2.05) is 23.4 Å². The minimum absolute atomic E-state index is 0.101. The standard InChI is InChI=1S/C10H9BrN2O2S2/c1-13(3-7-2-6(11)4-16-7)10-12-8(5-17-10)9(14)15/h2,4-5H,3H2,1H3,(H,14,15). The molecule has 0 aliphatic rings. The molecular weight excluding hydrogens is 324 g/mol. The molecule has 2 aromatic rings. The van der Waals surface area contributed by atoms with Crippen LogP contribution in [-0.4, -0.2) is 23.1 Å². The highest BCUT2D eigenvalue weighted by atomic mass is 79.9. The number of aromatic nitrogens is 1. The van der Waals surface area contributed by atoms with Crippen molar-refractivity contribution in [2.24, 2.45) is 0 Å². The van der Waals surface area contributed by atoms with Gasteiger partial charge in [-0.25, -0.2) is 9.78 Å². The van der Waals surface area contributed by atoms with Crippen molar-refractivity contribution in [1.82, 2.24) is 4.98 Å². The summed E-state index contributed by atoms with van der Waals surface area (Å²) in [4.78, 5) is 17.9. The topological polar surface area (TPSA) is 53.4 Å². The van der Waals surface area contributed by atoms with Crippen molar-refractivity contribution in [3.8, 4) is 0 Å². The molecule has 2 rings (SSSR count). The molecule has 0 unspecified atom stereocenters. The number of carboxylic acids is 1. The average molecular weight is 333 g/mol. The number of hydrogen-bond donors (Lipinski definition) is 1. The molecule has 0 aliphatic carbocycles. The zero-order valence-electron chi connectivity index (χ0n) is 8.88. The molecule has 0 fully saturated rings. The molecule has 0 saturated carbocycles.